The maximum Gasteiger partial charge on any atom is 0.268 e. The van der Waals surface area contributed by atoms with Gasteiger partial charge in [-0.1, -0.05) is 6.07 Å². The molecule has 0 saturated heterocycles. The number of fused-ring (bicyclic) bond motifs is 1. The van der Waals surface area contributed by atoms with E-state index in [1.54, 1.807) is 25.8 Å². The number of benzene rings is 1. The molecule has 0 atom stereocenters. The van der Waals surface area contributed by atoms with Crippen molar-refractivity contribution >= 4 is 22.2 Å². The molecule has 3 heterocycles. The maximum atomic E-state index is 13.4. The molecule has 3 aromatic heterocycles. The summed E-state index contributed by atoms with van der Waals surface area (Å²) in [7, 11) is 5.02. The van der Waals surface area contributed by atoms with Gasteiger partial charge < -0.3 is 14.8 Å². The molecule has 1 amide bonds. The van der Waals surface area contributed by atoms with E-state index >= 15 is 0 Å². The SMILES string of the molecule is COc1ccc(CCNC(=O)Cc2csc3nc(C)c(-c4cc(C)n(C)n4)c(=O)n23)cc1OC. The Morgan fingerprint density at radius 3 is 2.59 bits per heavy atom. The van der Waals surface area contributed by atoms with E-state index in [-0.39, 0.29) is 17.9 Å². The zero-order valence-electron chi connectivity index (χ0n) is 19.8. The average Bonchev–Trinajstić information content (AvgIpc) is 3.35. The molecule has 10 heteroatoms. The highest BCUT2D eigenvalue weighted by atomic mass is 32.1. The topological polar surface area (TPSA) is 99.7 Å². The average molecular weight is 482 g/mol. The van der Waals surface area contributed by atoms with Gasteiger partial charge in [-0.3, -0.25) is 18.7 Å². The molecule has 0 aliphatic carbocycles. The van der Waals surface area contributed by atoms with Crippen LogP contribution in [0.4, 0.5) is 0 Å². The number of nitrogens with one attached hydrogen (secondary N) is 1. The number of aryl methyl sites for hydroxylation is 3. The molecule has 34 heavy (non-hydrogen) atoms. The number of rotatable bonds is 8. The van der Waals surface area contributed by atoms with Gasteiger partial charge in [0.15, 0.2) is 16.5 Å². The van der Waals surface area contributed by atoms with Crippen LogP contribution in [0.3, 0.4) is 0 Å². The van der Waals surface area contributed by atoms with E-state index in [9.17, 15) is 9.59 Å². The van der Waals surface area contributed by atoms with Gasteiger partial charge >= 0.3 is 0 Å². The quantitative estimate of drug-likeness (QED) is 0.415. The monoisotopic (exact) mass is 481 g/mol. The molecule has 0 fully saturated rings. The standard InChI is InChI=1S/C24H27N5O4S/c1-14-10-18(27-28(14)3)22-15(2)26-24-29(23(22)31)17(13-34-24)12-21(30)25-9-8-16-6-7-19(32-4)20(11-16)33-5/h6-7,10-11,13H,8-9,12H2,1-5H3,(H,25,30). The number of ether oxygens (including phenoxy) is 2. The third kappa shape index (κ3) is 4.54. The summed E-state index contributed by atoms with van der Waals surface area (Å²) in [4.78, 5) is 31.2. The molecule has 178 valence electrons. The van der Waals surface area contributed by atoms with Gasteiger partial charge in [-0.25, -0.2) is 4.98 Å². The molecule has 0 saturated carbocycles. The van der Waals surface area contributed by atoms with Crippen LogP contribution in [-0.4, -0.2) is 45.8 Å². The van der Waals surface area contributed by atoms with Crippen molar-refractivity contribution in [1.29, 1.82) is 0 Å². The lowest BCUT2D eigenvalue weighted by Gasteiger charge is -2.10. The number of carbonyl (C=O) groups is 1. The Bertz CT molecular complexity index is 1400. The third-order valence-corrected chi connectivity index (χ3v) is 6.59. The molecule has 0 unspecified atom stereocenters. The Morgan fingerprint density at radius 1 is 1.15 bits per heavy atom. The molecule has 1 N–H and O–H groups in total. The van der Waals surface area contributed by atoms with Crippen molar-refractivity contribution in [1.82, 2.24) is 24.5 Å². The van der Waals surface area contributed by atoms with Gasteiger partial charge in [0.2, 0.25) is 5.91 Å². The van der Waals surface area contributed by atoms with Crippen LogP contribution in [-0.2, 0) is 24.7 Å². The van der Waals surface area contributed by atoms with E-state index in [1.807, 2.05) is 43.6 Å². The van der Waals surface area contributed by atoms with Gasteiger partial charge in [-0.2, -0.15) is 5.10 Å². The van der Waals surface area contributed by atoms with Crippen molar-refractivity contribution < 1.29 is 14.3 Å². The summed E-state index contributed by atoms with van der Waals surface area (Å²) in [5.41, 5.74) is 4.01. The number of nitrogens with zero attached hydrogens (tertiary/aromatic N) is 4. The summed E-state index contributed by atoms with van der Waals surface area (Å²) in [5, 5.41) is 9.19. The van der Waals surface area contributed by atoms with Gasteiger partial charge in [0.1, 0.15) is 0 Å². The van der Waals surface area contributed by atoms with Crippen LogP contribution in [0.25, 0.3) is 16.2 Å². The number of hydrogen-bond donors (Lipinski definition) is 1. The van der Waals surface area contributed by atoms with E-state index in [4.69, 9.17) is 9.47 Å². The second kappa shape index (κ2) is 9.68. The molecular weight excluding hydrogens is 454 g/mol. The highest BCUT2D eigenvalue weighted by Gasteiger charge is 2.19. The van der Waals surface area contributed by atoms with E-state index in [1.165, 1.54) is 15.7 Å². The zero-order valence-corrected chi connectivity index (χ0v) is 20.7. The van der Waals surface area contributed by atoms with Gasteiger partial charge in [-0.15, -0.1) is 11.3 Å². The Labute approximate surface area is 201 Å². The van der Waals surface area contributed by atoms with Crippen LogP contribution in [0.2, 0.25) is 0 Å². The van der Waals surface area contributed by atoms with E-state index < -0.39 is 0 Å². The fourth-order valence-corrected chi connectivity index (χ4v) is 4.74. The fourth-order valence-electron chi connectivity index (χ4n) is 3.82. The van der Waals surface area contributed by atoms with Crippen molar-refractivity contribution in [2.45, 2.75) is 26.7 Å². The molecule has 4 aromatic rings. The minimum absolute atomic E-state index is 0.0806. The van der Waals surface area contributed by atoms with Gasteiger partial charge in [0.05, 0.1) is 37.6 Å². The fraction of sp³-hybridized carbons (Fsp3) is 0.333. The molecule has 0 aliphatic heterocycles. The largest absolute Gasteiger partial charge is 0.493 e. The normalized spacial score (nSPS) is 11.1. The second-order valence-electron chi connectivity index (χ2n) is 7.98. The van der Waals surface area contributed by atoms with Crippen molar-refractivity contribution in [2.24, 2.45) is 7.05 Å². The lowest BCUT2D eigenvalue weighted by Crippen LogP contribution is -2.29. The lowest BCUT2D eigenvalue weighted by molar-refractivity contribution is -0.120. The number of methoxy groups -OCH3 is 2. The van der Waals surface area contributed by atoms with Crippen LogP contribution < -0.4 is 20.3 Å². The number of amides is 1. The van der Waals surface area contributed by atoms with E-state index in [0.717, 1.165) is 11.3 Å². The summed E-state index contributed by atoms with van der Waals surface area (Å²) in [5.74, 6) is 1.15. The van der Waals surface area contributed by atoms with Crippen molar-refractivity contribution in [2.75, 3.05) is 20.8 Å². The zero-order chi connectivity index (χ0) is 24.4. The number of hydrogen-bond acceptors (Lipinski definition) is 7. The van der Waals surface area contributed by atoms with Gasteiger partial charge in [-0.05, 0) is 44.0 Å². The number of aromatic nitrogens is 4. The van der Waals surface area contributed by atoms with Crippen LogP contribution >= 0.6 is 11.3 Å². The Balaban J connectivity index is 1.49. The van der Waals surface area contributed by atoms with Gasteiger partial charge in [0.25, 0.3) is 5.56 Å². The highest BCUT2D eigenvalue weighted by Crippen LogP contribution is 2.27. The summed E-state index contributed by atoms with van der Waals surface area (Å²) >= 11 is 1.35. The Hall–Kier alpha value is -3.66. The highest BCUT2D eigenvalue weighted by molar-refractivity contribution is 7.15. The second-order valence-corrected chi connectivity index (χ2v) is 8.82. The molecule has 0 spiro atoms. The predicted octanol–water partition coefficient (Wildman–Crippen LogP) is 2.69. The van der Waals surface area contributed by atoms with E-state index in [2.05, 4.69) is 15.4 Å². The van der Waals surface area contributed by atoms with Crippen LogP contribution in [0.5, 0.6) is 11.5 Å². The predicted molar refractivity (Wildman–Crippen MR) is 131 cm³/mol. The Kier molecular flexibility index (Phi) is 6.69. The molecule has 9 nitrogen and oxygen atoms in total. The molecule has 0 bridgehead atoms. The minimum Gasteiger partial charge on any atom is -0.493 e. The van der Waals surface area contributed by atoms with Crippen LogP contribution in [0.15, 0.2) is 34.4 Å². The van der Waals surface area contributed by atoms with Crippen molar-refractivity contribution in [3.05, 3.63) is 62.6 Å². The summed E-state index contributed by atoms with van der Waals surface area (Å²) in [6, 6.07) is 7.54. The summed E-state index contributed by atoms with van der Waals surface area (Å²) in [6.07, 6.45) is 0.720. The Morgan fingerprint density at radius 2 is 1.91 bits per heavy atom. The molecular formula is C24H27N5O4S. The summed E-state index contributed by atoms with van der Waals surface area (Å²) in [6.45, 7) is 4.19. The van der Waals surface area contributed by atoms with Crippen LogP contribution in [0.1, 0.15) is 22.6 Å². The summed E-state index contributed by atoms with van der Waals surface area (Å²) < 4.78 is 13.8. The lowest BCUT2D eigenvalue weighted by atomic mass is 10.1. The first kappa shape index (κ1) is 23.5. The molecule has 4 rings (SSSR count). The molecule has 1 aromatic carbocycles. The minimum atomic E-state index is -0.213. The molecule has 0 radical (unpaired) electrons. The smallest absolute Gasteiger partial charge is 0.268 e. The van der Waals surface area contributed by atoms with E-state index in [0.29, 0.717) is 52.1 Å². The number of carbonyl (C=O) groups excluding carboxylic acids is 1. The molecule has 0 aliphatic rings. The third-order valence-electron chi connectivity index (χ3n) is 5.72. The first-order valence-corrected chi connectivity index (χ1v) is 11.7. The maximum absolute atomic E-state index is 13.4. The first-order valence-electron chi connectivity index (χ1n) is 10.8. The van der Waals surface area contributed by atoms with Gasteiger partial charge in [0, 0.05) is 30.4 Å². The first-order chi connectivity index (χ1) is 16.3. The van der Waals surface area contributed by atoms with Crippen molar-refractivity contribution in [3.8, 4) is 22.8 Å². The van der Waals surface area contributed by atoms with Crippen LogP contribution in [0, 0.1) is 13.8 Å². The van der Waals surface area contributed by atoms with Crippen molar-refractivity contribution in [3.63, 3.8) is 0 Å². The number of thiazole rings is 1.